The summed E-state index contributed by atoms with van der Waals surface area (Å²) in [7, 11) is 0. The average molecular weight is 311 g/mol. The molecule has 0 spiro atoms. The molecular formula is C16H29N3O3. The van der Waals surface area contributed by atoms with Gasteiger partial charge >= 0.3 is 6.09 Å². The van der Waals surface area contributed by atoms with E-state index in [0.29, 0.717) is 19.1 Å². The summed E-state index contributed by atoms with van der Waals surface area (Å²) in [6, 6.07) is -0.144. The van der Waals surface area contributed by atoms with E-state index < -0.39 is 11.6 Å². The number of hydrogen-bond acceptors (Lipinski definition) is 4. The van der Waals surface area contributed by atoms with Crippen LogP contribution in [0.5, 0.6) is 0 Å². The van der Waals surface area contributed by atoms with Crippen LogP contribution >= 0.6 is 0 Å². The summed E-state index contributed by atoms with van der Waals surface area (Å²) in [5, 5.41) is 0. The fourth-order valence-electron chi connectivity index (χ4n) is 2.88. The van der Waals surface area contributed by atoms with E-state index in [1.165, 1.54) is 0 Å². The molecule has 0 unspecified atom stereocenters. The Morgan fingerprint density at radius 1 is 1.32 bits per heavy atom. The average Bonchev–Trinajstić information content (AvgIpc) is 3.11. The highest BCUT2D eigenvalue weighted by Gasteiger charge is 2.39. The molecule has 1 heterocycles. The van der Waals surface area contributed by atoms with Crippen LogP contribution in [0.2, 0.25) is 0 Å². The Labute approximate surface area is 132 Å². The van der Waals surface area contributed by atoms with Crippen LogP contribution < -0.4 is 5.73 Å². The van der Waals surface area contributed by atoms with Gasteiger partial charge in [-0.15, -0.1) is 0 Å². The lowest BCUT2D eigenvalue weighted by Crippen LogP contribution is -2.50. The highest BCUT2D eigenvalue weighted by Crippen LogP contribution is 2.30. The number of nitrogens with zero attached hydrogens (tertiary/aromatic N) is 2. The van der Waals surface area contributed by atoms with Crippen molar-refractivity contribution >= 4 is 12.0 Å². The number of rotatable bonds is 4. The van der Waals surface area contributed by atoms with E-state index in [1.807, 2.05) is 25.7 Å². The van der Waals surface area contributed by atoms with Gasteiger partial charge in [0.15, 0.2) is 0 Å². The van der Waals surface area contributed by atoms with E-state index >= 15 is 0 Å². The second-order valence-electron chi connectivity index (χ2n) is 7.48. The van der Waals surface area contributed by atoms with Crippen molar-refractivity contribution < 1.29 is 14.3 Å². The van der Waals surface area contributed by atoms with Gasteiger partial charge in [-0.1, -0.05) is 0 Å². The molecule has 2 atom stereocenters. The van der Waals surface area contributed by atoms with Crippen molar-refractivity contribution in [2.75, 3.05) is 13.1 Å². The number of nitrogens with two attached hydrogens (primary N) is 1. The first-order valence-electron chi connectivity index (χ1n) is 8.24. The van der Waals surface area contributed by atoms with E-state index in [9.17, 15) is 9.59 Å². The summed E-state index contributed by atoms with van der Waals surface area (Å²) in [6.45, 7) is 8.59. The molecule has 0 aromatic carbocycles. The molecule has 0 aromatic rings. The number of hydrogen-bond donors (Lipinski definition) is 1. The Morgan fingerprint density at radius 3 is 2.45 bits per heavy atom. The van der Waals surface area contributed by atoms with Crippen molar-refractivity contribution in [1.29, 1.82) is 0 Å². The molecule has 1 aliphatic heterocycles. The molecule has 0 bridgehead atoms. The van der Waals surface area contributed by atoms with Gasteiger partial charge in [0.05, 0.1) is 12.1 Å². The first kappa shape index (κ1) is 17.1. The van der Waals surface area contributed by atoms with Gasteiger partial charge < -0.3 is 20.3 Å². The summed E-state index contributed by atoms with van der Waals surface area (Å²) in [4.78, 5) is 28.2. The minimum atomic E-state index is -0.498. The van der Waals surface area contributed by atoms with E-state index in [1.54, 1.807) is 11.8 Å². The first-order chi connectivity index (χ1) is 10.2. The van der Waals surface area contributed by atoms with Crippen molar-refractivity contribution in [1.82, 2.24) is 9.80 Å². The highest BCUT2D eigenvalue weighted by atomic mass is 16.6. The maximum atomic E-state index is 12.3. The number of likely N-dealkylation sites (tertiary alicyclic amines) is 1. The van der Waals surface area contributed by atoms with E-state index in [-0.39, 0.29) is 18.0 Å². The van der Waals surface area contributed by atoms with Crippen LogP contribution in [0.15, 0.2) is 0 Å². The molecule has 2 N–H and O–H groups in total. The van der Waals surface area contributed by atoms with Gasteiger partial charge in [0, 0.05) is 19.1 Å². The van der Waals surface area contributed by atoms with Crippen molar-refractivity contribution in [3.63, 3.8) is 0 Å². The van der Waals surface area contributed by atoms with Crippen LogP contribution in [0.25, 0.3) is 0 Å². The molecule has 6 heteroatoms. The van der Waals surface area contributed by atoms with Crippen LogP contribution in [0.4, 0.5) is 4.79 Å². The quantitative estimate of drug-likeness (QED) is 0.858. The molecule has 126 valence electrons. The number of ether oxygens (including phenoxy) is 1. The smallest absolute Gasteiger partial charge is 0.410 e. The number of carbonyl (C=O) groups excluding carboxylic acids is 2. The Balaban J connectivity index is 2.00. The third-order valence-corrected chi connectivity index (χ3v) is 4.07. The van der Waals surface area contributed by atoms with E-state index in [4.69, 9.17) is 10.5 Å². The highest BCUT2D eigenvalue weighted by molar-refractivity contribution is 5.82. The van der Waals surface area contributed by atoms with Gasteiger partial charge in [0.1, 0.15) is 5.60 Å². The molecule has 2 fully saturated rings. The zero-order valence-electron chi connectivity index (χ0n) is 14.2. The minimum Gasteiger partial charge on any atom is -0.444 e. The molecule has 2 amide bonds. The molecule has 1 saturated heterocycles. The van der Waals surface area contributed by atoms with Crippen molar-refractivity contribution in [3.05, 3.63) is 0 Å². The molecule has 0 radical (unpaired) electrons. The molecule has 22 heavy (non-hydrogen) atoms. The van der Waals surface area contributed by atoms with Crippen molar-refractivity contribution in [2.45, 2.75) is 77.1 Å². The zero-order chi connectivity index (χ0) is 16.5. The lowest BCUT2D eigenvalue weighted by Gasteiger charge is -2.33. The van der Waals surface area contributed by atoms with Gasteiger partial charge in [0.25, 0.3) is 0 Å². The zero-order valence-corrected chi connectivity index (χ0v) is 14.2. The van der Waals surface area contributed by atoms with Crippen LogP contribution in [0, 0.1) is 0 Å². The SMILES string of the molecule is C[C@H](N)C(=O)N(C[C@@H]1CCCN1C(=O)OC(C)(C)C)C1CC1. The summed E-state index contributed by atoms with van der Waals surface area (Å²) >= 11 is 0. The summed E-state index contributed by atoms with van der Waals surface area (Å²) in [5.41, 5.74) is 5.26. The summed E-state index contributed by atoms with van der Waals surface area (Å²) in [6.07, 6.45) is 3.66. The minimum absolute atomic E-state index is 0.0152. The predicted octanol–water partition coefficient (Wildman–Crippen LogP) is 1.72. The predicted molar refractivity (Wildman–Crippen MR) is 84.3 cm³/mol. The number of amides is 2. The maximum Gasteiger partial charge on any atom is 0.410 e. The van der Waals surface area contributed by atoms with E-state index in [2.05, 4.69) is 0 Å². The Hall–Kier alpha value is -1.30. The molecule has 1 saturated carbocycles. The van der Waals surface area contributed by atoms with Crippen LogP contribution in [0.3, 0.4) is 0 Å². The van der Waals surface area contributed by atoms with Gasteiger partial charge in [-0.3, -0.25) is 4.79 Å². The van der Waals surface area contributed by atoms with Gasteiger partial charge in [0.2, 0.25) is 5.91 Å². The second kappa shape index (κ2) is 6.44. The standard InChI is InChI=1S/C16H29N3O3/c1-11(17)14(20)19(12-7-8-12)10-13-6-5-9-18(13)15(21)22-16(2,3)4/h11-13H,5-10,17H2,1-4H3/t11-,13-/m0/s1. The van der Waals surface area contributed by atoms with Gasteiger partial charge in [-0.2, -0.15) is 0 Å². The third kappa shape index (κ3) is 4.35. The second-order valence-corrected chi connectivity index (χ2v) is 7.48. The van der Waals surface area contributed by atoms with Crippen molar-refractivity contribution in [2.24, 2.45) is 5.73 Å². The topological polar surface area (TPSA) is 75.9 Å². The molecule has 6 nitrogen and oxygen atoms in total. The van der Waals surface area contributed by atoms with Crippen LogP contribution in [-0.2, 0) is 9.53 Å². The third-order valence-electron chi connectivity index (χ3n) is 4.07. The Kier molecular flexibility index (Phi) is 5.00. The van der Waals surface area contributed by atoms with Gasteiger partial charge in [-0.05, 0) is 53.4 Å². The fourth-order valence-corrected chi connectivity index (χ4v) is 2.88. The van der Waals surface area contributed by atoms with E-state index in [0.717, 1.165) is 25.7 Å². The van der Waals surface area contributed by atoms with Crippen molar-refractivity contribution in [3.8, 4) is 0 Å². The van der Waals surface area contributed by atoms with Gasteiger partial charge in [-0.25, -0.2) is 4.79 Å². The molecule has 2 rings (SSSR count). The number of carbonyl (C=O) groups is 2. The Bertz CT molecular complexity index is 427. The molecule has 1 aliphatic carbocycles. The molecule has 2 aliphatic rings. The lowest BCUT2D eigenvalue weighted by atomic mass is 10.2. The Morgan fingerprint density at radius 2 is 1.95 bits per heavy atom. The molecule has 0 aromatic heterocycles. The van der Waals surface area contributed by atoms with Crippen LogP contribution in [-0.4, -0.2) is 58.6 Å². The normalized spacial score (nSPS) is 23.3. The summed E-state index contributed by atoms with van der Waals surface area (Å²) in [5.74, 6) is -0.0152. The first-order valence-corrected chi connectivity index (χ1v) is 8.24. The largest absolute Gasteiger partial charge is 0.444 e. The van der Waals surface area contributed by atoms with Crippen LogP contribution in [0.1, 0.15) is 53.4 Å². The molecular weight excluding hydrogens is 282 g/mol. The summed E-state index contributed by atoms with van der Waals surface area (Å²) < 4.78 is 5.48. The monoisotopic (exact) mass is 311 g/mol. The fraction of sp³-hybridized carbons (Fsp3) is 0.875. The lowest BCUT2D eigenvalue weighted by molar-refractivity contribution is -0.133. The maximum absolute atomic E-state index is 12.3.